The van der Waals surface area contributed by atoms with E-state index in [-0.39, 0.29) is 0 Å². The van der Waals surface area contributed by atoms with Gasteiger partial charge in [-0.25, -0.2) is 0 Å². The van der Waals surface area contributed by atoms with Crippen LogP contribution in [0.3, 0.4) is 0 Å². The minimum atomic E-state index is -1.12. The molecule has 1 aliphatic rings. The third-order valence-electron chi connectivity index (χ3n) is 3.02. The summed E-state index contributed by atoms with van der Waals surface area (Å²) in [4.78, 5) is 0. The van der Waals surface area contributed by atoms with Crippen molar-refractivity contribution in [2.75, 3.05) is 18.9 Å². The summed E-state index contributed by atoms with van der Waals surface area (Å²) < 4.78 is 13.3. The molecule has 1 radical (unpaired) electrons. The van der Waals surface area contributed by atoms with Crippen LogP contribution in [0.2, 0.25) is 0 Å². The molecule has 0 saturated heterocycles. The second-order valence-electron chi connectivity index (χ2n) is 4.65. The van der Waals surface area contributed by atoms with E-state index in [1.54, 1.807) is 12.5 Å². The van der Waals surface area contributed by atoms with E-state index < -0.39 is 4.64 Å². The van der Waals surface area contributed by atoms with E-state index in [2.05, 4.69) is 38.6 Å². The summed E-state index contributed by atoms with van der Waals surface area (Å²) >= 11 is 3.95. The number of hydrogen-bond acceptors (Lipinski definition) is 3. The Labute approximate surface area is 141 Å². The summed E-state index contributed by atoms with van der Waals surface area (Å²) in [5.74, 6) is 2.15. The van der Waals surface area contributed by atoms with Crippen molar-refractivity contribution in [3.63, 3.8) is 0 Å². The molecule has 1 N–H and O–H groups in total. The van der Waals surface area contributed by atoms with Crippen LogP contribution in [0, 0.1) is 0 Å². The van der Waals surface area contributed by atoms with Crippen LogP contribution in [-0.2, 0) is 11.2 Å². The molecule has 21 heavy (non-hydrogen) atoms. The van der Waals surface area contributed by atoms with Crippen LogP contribution in [0.5, 0.6) is 0 Å². The molecule has 1 aromatic heterocycles. The normalized spacial score (nSPS) is 16.3. The number of aryl methyl sites for hydroxylation is 1. The molecule has 2 heterocycles. The first kappa shape index (κ1) is 17.1. The SMILES string of the molecule is C=CCN[Se][P+]([Se-])(CCC1=CC=C[O+]1)CCc1ccco1. The molecular formula is C15H20NO2PSe2+. The summed E-state index contributed by atoms with van der Waals surface area (Å²) in [6.07, 6.45) is 13.8. The molecule has 1 unspecified atom stereocenters. The van der Waals surface area contributed by atoms with Crippen LogP contribution in [-0.4, -0.2) is 49.2 Å². The Hall–Kier alpha value is -0.271. The molecular weight excluding hydrogens is 415 g/mol. The Morgan fingerprint density at radius 1 is 1.43 bits per heavy atom. The molecule has 2 rings (SSSR count). The van der Waals surface area contributed by atoms with Crippen molar-refractivity contribution in [1.29, 1.82) is 0 Å². The van der Waals surface area contributed by atoms with E-state index >= 15 is 0 Å². The van der Waals surface area contributed by atoms with Crippen molar-refractivity contribution in [1.82, 2.24) is 4.33 Å². The molecule has 0 saturated carbocycles. The van der Waals surface area contributed by atoms with Crippen LogP contribution < -0.4 is 4.33 Å². The molecule has 1 aliphatic heterocycles. The second-order valence-corrected chi connectivity index (χ2v) is 21.4. The maximum absolute atomic E-state index is 5.46. The van der Waals surface area contributed by atoms with Crippen LogP contribution in [0.25, 0.3) is 0 Å². The van der Waals surface area contributed by atoms with Crippen molar-refractivity contribution in [3.05, 3.63) is 61.0 Å². The van der Waals surface area contributed by atoms with Crippen LogP contribution in [0.15, 0.2) is 59.6 Å². The number of furan rings is 1. The van der Waals surface area contributed by atoms with E-state index in [9.17, 15) is 0 Å². The van der Waals surface area contributed by atoms with Crippen molar-refractivity contribution < 1.29 is 9.15 Å². The number of ether oxygens (including phenoxy) is 1. The third-order valence-corrected chi connectivity index (χ3v) is 15.6. The van der Waals surface area contributed by atoms with Crippen molar-refractivity contribution in [3.8, 4) is 0 Å². The topological polar surface area (TPSA) is 36.5 Å². The Morgan fingerprint density at radius 3 is 2.95 bits per heavy atom. The second kappa shape index (κ2) is 9.00. The molecule has 3 nitrogen and oxygen atoms in total. The average Bonchev–Trinajstić information content (AvgIpc) is 3.17. The van der Waals surface area contributed by atoms with Crippen molar-refractivity contribution in [2.45, 2.75) is 12.8 Å². The first-order valence-electron chi connectivity index (χ1n) is 6.87. The molecule has 0 fully saturated rings. The van der Waals surface area contributed by atoms with Gasteiger partial charge in [-0.15, -0.1) is 0 Å². The molecule has 0 aliphatic carbocycles. The quantitative estimate of drug-likeness (QED) is 0.202. The van der Waals surface area contributed by atoms with Gasteiger partial charge in [-0.05, 0) is 0 Å². The van der Waals surface area contributed by atoms with Gasteiger partial charge in [0.2, 0.25) is 0 Å². The zero-order valence-corrected chi connectivity index (χ0v) is 16.2. The van der Waals surface area contributed by atoms with Crippen LogP contribution >= 0.6 is 4.64 Å². The van der Waals surface area contributed by atoms with Crippen molar-refractivity contribution in [2.24, 2.45) is 0 Å². The standard InChI is InChI=1S/C15H20NO2PSe2/c1-2-9-16-21-19(20,12-7-14-5-3-10-17-14)13-8-15-6-4-11-18-15/h2-6,10-11,16H,1,7-9,12-13H2/q+1. The van der Waals surface area contributed by atoms with E-state index in [1.807, 2.05) is 18.2 Å². The fourth-order valence-electron chi connectivity index (χ4n) is 1.89. The van der Waals surface area contributed by atoms with Gasteiger partial charge in [0.05, 0.1) is 0 Å². The predicted molar refractivity (Wildman–Crippen MR) is 91.7 cm³/mol. The van der Waals surface area contributed by atoms with Crippen molar-refractivity contribution >= 4 is 34.9 Å². The molecule has 0 amide bonds. The van der Waals surface area contributed by atoms with Crippen LogP contribution in [0.1, 0.15) is 12.2 Å². The van der Waals surface area contributed by atoms with Gasteiger partial charge < -0.3 is 0 Å². The van der Waals surface area contributed by atoms with Gasteiger partial charge in [0.1, 0.15) is 0 Å². The van der Waals surface area contributed by atoms with Crippen LogP contribution in [0.4, 0.5) is 0 Å². The van der Waals surface area contributed by atoms with E-state index in [0.717, 1.165) is 30.9 Å². The number of rotatable bonds is 10. The summed E-state index contributed by atoms with van der Waals surface area (Å²) in [7, 11) is 0. The van der Waals surface area contributed by atoms with Gasteiger partial charge in [-0.3, -0.25) is 0 Å². The first-order chi connectivity index (χ1) is 10.2. The monoisotopic (exact) mass is 437 g/mol. The maximum atomic E-state index is 5.46. The van der Waals surface area contributed by atoms with E-state index in [1.165, 1.54) is 12.3 Å². The Balaban J connectivity index is 1.86. The molecule has 1 atom stereocenters. The molecule has 0 bridgehead atoms. The summed E-state index contributed by atoms with van der Waals surface area (Å²) in [6.45, 7) is 4.65. The van der Waals surface area contributed by atoms with E-state index in [4.69, 9.17) is 9.15 Å². The summed E-state index contributed by atoms with van der Waals surface area (Å²) in [5.41, 5.74) is 0. The van der Waals surface area contributed by atoms with Gasteiger partial charge >= 0.3 is 141 Å². The molecule has 1 aromatic rings. The van der Waals surface area contributed by atoms with E-state index in [0.29, 0.717) is 14.7 Å². The Kier molecular flexibility index (Phi) is 7.32. The molecule has 113 valence electrons. The summed E-state index contributed by atoms with van der Waals surface area (Å²) in [5, 5.41) is 0. The average molecular weight is 435 g/mol. The minimum absolute atomic E-state index is 0.417. The first-order valence-corrected chi connectivity index (χ1v) is 14.3. The molecule has 0 spiro atoms. The zero-order chi connectivity index (χ0) is 15.0. The fraction of sp³-hybridized carbons (Fsp3) is 0.333. The number of hydrogen-bond donors (Lipinski definition) is 1. The fourth-order valence-corrected chi connectivity index (χ4v) is 11.1. The molecule has 0 aromatic carbocycles. The third kappa shape index (κ3) is 6.16. The number of nitrogens with one attached hydrogen (secondary N) is 1. The van der Waals surface area contributed by atoms with Gasteiger partial charge in [-0.1, -0.05) is 0 Å². The molecule has 6 heteroatoms. The number of allylic oxidation sites excluding steroid dienone is 3. The zero-order valence-electron chi connectivity index (χ0n) is 11.9. The van der Waals surface area contributed by atoms with Gasteiger partial charge in [0, 0.05) is 0 Å². The van der Waals surface area contributed by atoms with Gasteiger partial charge in [-0.2, -0.15) is 0 Å². The van der Waals surface area contributed by atoms with Gasteiger partial charge in [0.25, 0.3) is 0 Å². The Morgan fingerprint density at radius 2 is 2.29 bits per heavy atom. The Bertz CT molecular complexity index is 502. The predicted octanol–water partition coefficient (Wildman–Crippen LogP) is 3.05. The van der Waals surface area contributed by atoms with Gasteiger partial charge in [0.15, 0.2) is 0 Å². The summed E-state index contributed by atoms with van der Waals surface area (Å²) in [6, 6.07) is 4.01.